The number of nitrogens with one attached hydrogen (secondary N) is 2. The predicted molar refractivity (Wildman–Crippen MR) is 71.6 cm³/mol. The fourth-order valence-electron chi connectivity index (χ4n) is 1.55. The number of rotatable bonds is 6. The Morgan fingerprint density at radius 1 is 0.737 bits per heavy atom. The lowest BCUT2D eigenvalue weighted by Crippen LogP contribution is -1.99. The van der Waals surface area contributed by atoms with Gasteiger partial charge in [0.15, 0.2) is 11.5 Å². The van der Waals surface area contributed by atoms with E-state index in [0.717, 1.165) is 0 Å². The largest absolute Gasteiger partial charge is 0.453 e. The van der Waals surface area contributed by atoms with Crippen molar-refractivity contribution in [3.8, 4) is 11.5 Å². The van der Waals surface area contributed by atoms with Gasteiger partial charge < -0.3 is 15.4 Å². The van der Waals surface area contributed by atoms with Crippen molar-refractivity contribution in [3.63, 3.8) is 0 Å². The summed E-state index contributed by atoms with van der Waals surface area (Å²) in [7, 11) is 0. The molecular formula is C14H10N2O3. The molecule has 2 aromatic rings. The number of amides is 2. The Bertz CT molecular complexity index is 533. The minimum atomic E-state index is 0.450. The Hall–Kier alpha value is -2.82. The highest BCUT2D eigenvalue weighted by atomic mass is 16.5. The molecular weight excluding hydrogens is 244 g/mol. The summed E-state index contributed by atoms with van der Waals surface area (Å²) < 4.78 is 5.66. The summed E-state index contributed by atoms with van der Waals surface area (Å²) in [6.45, 7) is 0. The number of ether oxygens (including phenoxy) is 1. The summed E-state index contributed by atoms with van der Waals surface area (Å²) in [6, 6.07) is 13.8. The fourth-order valence-corrected chi connectivity index (χ4v) is 1.55. The molecule has 5 nitrogen and oxygen atoms in total. The minimum Gasteiger partial charge on any atom is -0.453 e. The number of anilines is 2. The van der Waals surface area contributed by atoms with Crippen molar-refractivity contribution >= 4 is 24.2 Å². The molecule has 19 heavy (non-hydrogen) atoms. The molecule has 0 atom stereocenters. The molecule has 0 spiro atoms. The smallest absolute Gasteiger partial charge is 0.314 e. The molecule has 5 heteroatoms. The Kier molecular flexibility index (Phi) is 4.12. The fraction of sp³-hybridized carbons (Fsp3) is 0. The van der Waals surface area contributed by atoms with E-state index in [9.17, 15) is 9.59 Å². The molecule has 0 aromatic heterocycles. The molecule has 2 N–H and O–H groups in total. The van der Waals surface area contributed by atoms with Crippen LogP contribution < -0.4 is 15.4 Å². The summed E-state index contributed by atoms with van der Waals surface area (Å²) in [5, 5.41) is 4.84. The number of benzene rings is 2. The summed E-state index contributed by atoms with van der Waals surface area (Å²) in [5.74, 6) is 0.900. The molecule has 0 aliphatic carbocycles. The molecule has 0 saturated heterocycles. The topological polar surface area (TPSA) is 67.4 Å². The maximum atomic E-state index is 10.4. The van der Waals surface area contributed by atoms with Crippen molar-refractivity contribution in [2.75, 3.05) is 10.6 Å². The van der Waals surface area contributed by atoms with E-state index in [-0.39, 0.29) is 0 Å². The van der Waals surface area contributed by atoms with Gasteiger partial charge in [-0.3, -0.25) is 9.59 Å². The van der Waals surface area contributed by atoms with Crippen LogP contribution in [0.25, 0.3) is 0 Å². The van der Waals surface area contributed by atoms with Gasteiger partial charge in [-0.15, -0.1) is 0 Å². The molecule has 2 radical (unpaired) electrons. The zero-order valence-electron chi connectivity index (χ0n) is 9.84. The maximum absolute atomic E-state index is 10.4. The second-order valence-electron chi connectivity index (χ2n) is 3.55. The van der Waals surface area contributed by atoms with E-state index < -0.39 is 0 Å². The average Bonchev–Trinajstić information content (AvgIpc) is 2.44. The first-order chi connectivity index (χ1) is 9.35. The van der Waals surface area contributed by atoms with Gasteiger partial charge in [-0.1, -0.05) is 24.3 Å². The molecule has 0 aliphatic rings. The van der Waals surface area contributed by atoms with Gasteiger partial charge in [0.05, 0.1) is 11.4 Å². The Labute approximate surface area is 110 Å². The van der Waals surface area contributed by atoms with E-state index in [1.165, 1.54) is 0 Å². The van der Waals surface area contributed by atoms with Crippen LogP contribution in [0.1, 0.15) is 0 Å². The molecule has 2 aromatic carbocycles. The van der Waals surface area contributed by atoms with Crippen molar-refractivity contribution in [1.82, 2.24) is 0 Å². The van der Waals surface area contributed by atoms with Crippen molar-refractivity contribution in [2.24, 2.45) is 0 Å². The van der Waals surface area contributed by atoms with E-state index in [4.69, 9.17) is 4.74 Å². The van der Waals surface area contributed by atoms with Crippen LogP contribution in [0.4, 0.5) is 11.4 Å². The molecule has 0 aliphatic heterocycles. The molecule has 0 fully saturated rings. The van der Waals surface area contributed by atoms with Gasteiger partial charge >= 0.3 is 12.8 Å². The Morgan fingerprint density at radius 3 is 1.58 bits per heavy atom. The van der Waals surface area contributed by atoms with Gasteiger partial charge in [-0.2, -0.15) is 0 Å². The highest BCUT2D eigenvalue weighted by Gasteiger charge is 2.07. The van der Waals surface area contributed by atoms with E-state index >= 15 is 0 Å². The van der Waals surface area contributed by atoms with Crippen LogP contribution in [-0.2, 0) is 9.59 Å². The first-order valence-electron chi connectivity index (χ1n) is 5.47. The van der Waals surface area contributed by atoms with E-state index in [0.29, 0.717) is 22.9 Å². The van der Waals surface area contributed by atoms with Crippen LogP contribution >= 0.6 is 0 Å². The second kappa shape index (κ2) is 6.20. The van der Waals surface area contributed by atoms with E-state index in [2.05, 4.69) is 10.6 Å². The van der Waals surface area contributed by atoms with Crippen LogP contribution in [0.2, 0.25) is 0 Å². The second-order valence-corrected chi connectivity index (χ2v) is 3.55. The number of hydrogen-bond donors (Lipinski definition) is 2. The highest BCUT2D eigenvalue weighted by molar-refractivity contribution is 5.78. The summed E-state index contributed by atoms with van der Waals surface area (Å²) in [6.07, 6.45) is 3.18. The Balaban J connectivity index is 2.30. The zero-order chi connectivity index (χ0) is 13.5. The standard InChI is InChI=1S/C14H10N2O3/c17-9-15-11-5-1-3-7-13(11)19-14-8-4-2-6-12(14)16-10-18/h1-8H,(H,15,17)(H,16,18). The van der Waals surface area contributed by atoms with Crippen LogP contribution in [-0.4, -0.2) is 12.8 Å². The van der Waals surface area contributed by atoms with Gasteiger partial charge in [0.25, 0.3) is 0 Å². The maximum Gasteiger partial charge on any atom is 0.314 e. The van der Waals surface area contributed by atoms with E-state index in [1.807, 2.05) is 0 Å². The predicted octanol–water partition coefficient (Wildman–Crippen LogP) is 2.44. The van der Waals surface area contributed by atoms with Crippen molar-refractivity contribution < 1.29 is 14.3 Å². The van der Waals surface area contributed by atoms with E-state index in [1.54, 1.807) is 61.4 Å². The average molecular weight is 254 g/mol. The van der Waals surface area contributed by atoms with Crippen molar-refractivity contribution in [3.05, 3.63) is 48.5 Å². The third-order valence-electron chi connectivity index (χ3n) is 2.37. The zero-order valence-corrected chi connectivity index (χ0v) is 9.84. The number of hydrogen-bond acceptors (Lipinski definition) is 3. The summed E-state index contributed by atoms with van der Waals surface area (Å²) in [5.41, 5.74) is 0.977. The highest BCUT2D eigenvalue weighted by Crippen LogP contribution is 2.33. The van der Waals surface area contributed by atoms with Crippen molar-refractivity contribution in [1.29, 1.82) is 0 Å². The van der Waals surface area contributed by atoms with Crippen LogP contribution in [0.3, 0.4) is 0 Å². The van der Waals surface area contributed by atoms with Gasteiger partial charge in [0.2, 0.25) is 0 Å². The molecule has 94 valence electrons. The lowest BCUT2D eigenvalue weighted by atomic mass is 10.2. The van der Waals surface area contributed by atoms with Gasteiger partial charge in [0.1, 0.15) is 0 Å². The van der Waals surface area contributed by atoms with Crippen LogP contribution in [0.15, 0.2) is 48.5 Å². The monoisotopic (exact) mass is 254 g/mol. The third kappa shape index (κ3) is 3.10. The number of carbonyl (C=O) groups excluding carboxylic acids is 2. The minimum absolute atomic E-state index is 0.450. The first kappa shape index (κ1) is 12.6. The van der Waals surface area contributed by atoms with Crippen LogP contribution in [0, 0.1) is 0 Å². The molecule has 0 bridgehead atoms. The Morgan fingerprint density at radius 2 is 1.16 bits per heavy atom. The first-order valence-corrected chi connectivity index (χ1v) is 5.47. The summed E-state index contributed by atoms with van der Waals surface area (Å²) >= 11 is 0. The molecule has 2 rings (SSSR count). The number of para-hydroxylation sites is 4. The normalized spacial score (nSPS) is 9.47. The summed E-state index contributed by atoms with van der Waals surface area (Å²) in [4.78, 5) is 20.8. The molecule has 0 unspecified atom stereocenters. The lowest BCUT2D eigenvalue weighted by Gasteiger charge is -2.12. The third-order valence-corrected chi connectivity index (χ3v) is 2.37. The van der Waals surface area contributed by atoms with Gasteiger partial charge in [-0.05, 0) is 24.3 Å². The molecule has 2 amide bonds. The van der Waals surface area contributed by atoms with Gasteiger partial charge in [0, 0.05) is 0 Å². The van der Waals surface area contributed by atoms with Crippen LogP contribution in [0.5, 0.6) is 11.5 Å². The SMILES string of the molecule is O=[C]Nc1ccccc1Oc1ccccc1N[C]=O. The lowest BCUT2D eigenvalue weighted by molar-refractivity contribution is 0.486. The quantitative estimate of drug-likeness (QED) is 0.778. The molecule has 0 heterocycles. The molecule has 0 saturated carbocycles. The van der Waals surface area contributed by atoms with Gasteiger partial charge in [-0.25, -0.2) is 0 Å². The van der Waals surface area contributed by atoms with Crippen molar-refractivity contribution in [2.45, 2.75) is 0 Å².